The molecule has 2 heteroatoms. The van der Waals surface area contributed by atoms with E-state index in [0.29, 0.717) is 5.92 Å². The van der Waals surface area contributed by atoms with E-state index in [0.717, 1.165) is 0 Å². The Labute approximate surface area is 79.0 Å². The molecule has 0 radical (unpaired) electrons. The van der Waals surface area contributed by atoms with Crippen molar-refractivity contribution in [2.24, 2.45) is 11.8 Å². The van der Waals surface area contributed by atoms with Gasteiger partial charge in [-0.2, -0.15) is 0 Å². The molecule has 0 spiro atoms. The first-order valence-electron chi connectivity index (χ1n) is 5.16. The summed E-state index contributed by atoms with van der Waals surface area (Å²) in [6.07, 6.45) is 7.68. The Morgan fingerprint density at radius 2 is 1.77 bits per heavy atom. The van der Waals surface area contributed by atoms with Crippen LogP contribution in [0.3, 0.4) is 0 Å². The fraction of sp³-hybridized carbons (Fsp3) is 0.818. The molecular formula is C11H18F2. The highest BCUT2D eigenvalue weighted by Gasteiger charge is 2.13. The molecule has 1 aliphatic carbocycles. The van der Waals surface area contributed by atoms with Crippen LogP contribution in [0.5, 0.6) is 0 Å². The van der Waals surface area contributed by atoms with Crippen LogP contribution >= 0.6 is 0 Å². The van der Waals surface area contributed by atoms with Gasteiger partial charge in [0.15, 0.2) is 0 Å². The fourth-order valence-corrected chi connectivity index (χ4v) is 1.74. The maximum atomic E-state index is 12.1. The van der Waals surface area contributed by atoms with Crippen molar-refractivity contribution < 1.29 is 8.78 Å². The first-order chi connectivity index (χ1) is 6.20. The van der Waals surface area contributed by atoms with Crippen LogP contribution in [0.4, 0.5) is 8.78 Å². The van der Waals surface area contributed by atoms with Crippen molar-refractivity contribution in [2.75, 3.05) is 0 Å². The van der Waals surface area contributed by atoms with Gasteiger partial charge in [0.1, 0.15) is 0 Å². The summed E-state index contributed by atoms with van der Waals surface area (Å²) in [4.78, 5) is 0. The quantitative estimate of drug-likeness (QED) is 0.587. The lowest BCUT2D eigenvalue weighted by atomic mass is 9.88. The van der Waals surface area contributed by atoms with Crippen LogP contribution in [-0.4, -0.2) is 6.43 Å². The monoisotopic (exact) mass is 188 g/mol. The number of alkyl halides is 2. The number of halogens is 2. The van der Waals surface area contributed by atoms with Crippen LogP contribution in [-0.2, 0) is 0 Å². The van der Waals surface area contributed by atoms with Crippen molar-refractivity contribution in [3.05, 3.63) is 12.2 Å². The average Bonchev–Trinajstić information content (AvgIpc) is 2.15. The predicted octanol–water partition coefficient (Wildman–Crippen LogP) is 4.02. The molecule has 1 unspecified atom stereocenters. The minimum absolute atomic E-state index is 0.565. The third kappa shape index (κ3) is 3.88. The van der Waals surface area contributed by atoms with Crippen molar-refractivity contribution in [2.45, 2.75) is 45.5 Å². The highest BCUT2D eigenvalue weighted by Crippen LogP contribution is 2.25. The molecular weight excluding hydrogens is 170 g/mol. The van der Waals surface area contributed by atoms with Gasteiger partial charge in [-0.15, -0.1) is 0 Å². The fourth-order valence-electron chi connectivity index (χ4n) is 1.74. The van der Waals surface area contributed by atoms with Gasteiger partial charge in [0.25, 0.3) is 0 Å². The lowest BCUT2D eigenvalue weighted by Gasteiger charge is -2.18. The van der Waals surface area contributed by atoms with E-state index in [1.165, 1.54) is 32.1 Å². The zero-order valence-corrected chi connectivity index (χ0v) is 8.18. The molecule has 0 nitrogen and oxygen atoms in total. The Balaban J connectivity index is 2.28. The molecule has 1 atom stereocenters. The molecule has 0 N–H and O–H groups in total. The SMILES string of the molecule is CC(/C=C/C1CCCCC1)C(F)F. The molecule has 0 aromatic heterocycles. The summed E-state index contributed by atoms with van der Waals surface area (Å²) < 4.78 is 24.3. The molecule has 1 rings (SSSR count). The van der Waals surface area contributed by atoms with Crippen molar-refractivity contribution in [3.8, 4) is 0 Å². The second-order valence-corrected chi connectivity index (χ2v) is 3.98. The van der Waals surface area contributed by atoms with Gasteiger partial charge in [-0.1, -0.05) is 38.3 Å². The second-order valence-electron chi connectivity index (χ2n) is 3.98. The average molecular weight is 188 g/mol. The van der Waals surface area contributed by atoms with Gasteiger partial charge in [-0.25, -0.2) is 8.78 Å². The van der Waals surface area contributed by atoms with Gasteiger partial charge in [-0.05, 0) is 18.8 Å². The molecule has 1 fully saturated rings. The molecule has 0 amide bonds. The molecule has 13 heavy (non-hydrogen) atoms. The van der Waals surface area contributed by atoms with Crippen molar-refractivity contribution in [1.29, 1.82) is 0 Å². The molecule has 0 aromatic rings. The molecule has 0 bridgehead atoms. The highest BCUT2D eigenvalue weighted by molar-refractivity contribution is 4.93. The van der Waals surface area contributed by atoms with Crippen LogP contribution in [0.15, 0.2) is 12.2 Å². The minimum atomic E-state index is -2.21. The molecule has 0 aromatic carbocycles. The van der Waals surface area contributed by atoms with Gasteiger partial charge < -0.3 is 0 Å². The highest BCUT2D eigenvalue weighted by atomic mass is 19.3. The van der Waals surface area contributed by atoms with E-state index in [-0.39, 0.29) is 0 Å². The summed E-state index contributed by atoms with van der Waals surface area (Å²) in [5.74, 6) is -0.0168. The lowest BCUT2D eigenvalue weighted by Crippen LogP contribution is -2.06. The standard InChI is InChI=1S/C11H18F2/c1-9(11(12)13)7-8-10-5-3-2-4-6-10/h7-11H,2-6H2,1H3/b8-7+. The molecule has 0 saturated heterocycles. The van der Waals surface area contributed by atoms with Crippen LogP contribution in [0.1, 0.15) is 39.0 Å². The predicted molar refractivity (Wildman–Crippen MR) is 50.9 cm³/mol. The van der Waals surface area contributed by atoms with Crippen molar-refractivity contribution in [3.63, 3.8) is 0 Å². The smallest absolute Gasteiger partial charge is 0.210 e. The molecule has 0 aliphatic heterocycles. The Hall–Kier alpha value is -0.400. The van der Waals surface area contributed by atoms with Gasteiger partial charge in [-0.3, -0.25) is 0 Å². The maximum absolute atomic E-state index is 12.1. The van der Waals surface area contributed by atoms with Gasteiger partial charge >= 0.3 is 0 Å². The van der Waals surface area contributed by atoms with Crippen molar-refractivity contribution >= 4 is 0 Å². The minimum Gasteiger partial charge on any atom is -0.210 e. The topological polar surface area (TPSA) is 0 Å². The van der Waals surface area contributed by atoms with E-state index in [1.54, 1.807) is 13.0 Å². The van der Waals surface area contributed by atoms with Crippen LogP contribution in [0.25, 0.3) is 0 Å². The summed E-state index contributed by atoms with van der Waals surface area (Å²) in [6.45, 7) is 1.57. The summed E-state index contributed by atoms with van der Waals surface area (Å²) in [7, 11) is 0. The zero-order chi connectivity index (χ0) is 9.68. The Bertz CT molecular complexity index is 157. The molecule has 76 valence electrons. The number of hydrogen-bond donors (Lipinski definition) is 0. The molecule has 0 heterocycles. The van der Waals surface area contributed by atoms with Crippen LogP contribution in [0.2, 0.25) is 0 Å². The van der Waals surface area contributed by atoms with Gasteiger partial charge in [0.05, 0.1) is 0 Å². The maximum Gasteiger partial charge on any atom is 0.244 e. The van der Waals surface area contributed by atoms with Crippen LogP contribution < -0.4 is 0 Å². The van der Waals surface area contributed by atoms with E-state index in [9.17, 15) is 8.78 Å². The van der Waals surface area contributed by atoms with Gasteiger partial charge in [0.2, 0.25) is 6.43 Å². The third-order valence-corrected chi connectivity index (χ3v) is 2.73. The van der Waals surface area contributed by atoms with Crippen molar-refractivity contribution in [1.82, 2.24) is 0 Å². The zero-order valence-electron chi connectivity index (χ0n) is 8.18. The molecule has 1 aliphatic rings. The summed E-state index contributed by atoms with van der Waals surface area (Å²) in [5, 5.41) is 0. The van der Waals surface area contributed by atoms with E-state index < -0.39 is 12.3 Å². The Morgan fingerprint density at radius 3 is 2.31 bits per heavy atom. The summed E-state index contributed by atoms with van der Waals surface area (Å²) in [5.41, 5.74) is 0. The number of rotatable bonds is 3. The van der Waals surface area contributed by atoms with Gasteiger partial charge in [0, 0.05) is 5.92 Å². The Kier molecular flexibility index (Phi) is 4.40. The first-order valence-corrected chi connectivity index (χ1v) is 5.16. The van der Waals surface area contributed by atoms with Crippen LogP contribution in [0, 0.1) is 11.8 Å². The van der Waals surface area contributed by atoms with E-state index in [4.69, 9.17) is 0 Å². The lowest BCUT2D eigenvalue weighted by molar-refractivity contribution is 0.108. The van der Waals surface area contributed by atoms with E-state index in [2.05, 4.69) is 0 Å². The van der Waals surface area contributed by atoms with E-state index >= 15 is 0 Å². The second kappa shape index (κ2) is 5.36. The summed E-state index contributed by atoms with van der Waals surface area (Å²) >= 11 is 0. The molecule has 1 saturated carbocycles. The number of hydrogen-bond acceptors (Lipinski definition) is 0. The third-order valence-electron chi connectivity index (χ3n) is 2.73. The van der Waals surface area contributed by atoms with E-state index in [1.807, 2.05) is 6.08 Å². The Morgan fingerprint density at radius 1 is 1.15 bits per heavy atom. The number of allylic oxidation sites excluding steroid dienone is 2. The largest absolute Gasteiger partial charge is 0.244 e. The summed E-state index contributed by atoms with van der Waals surface area (Å²) in [6, 6.07) is 0. The normalized spacial score (nSPS) is 22.8. The first kappa shape index (κ1) is 10.7.